The van der Waals surface area contributed by atoms with Crippen LogP contribution in [0.1, 0.15) is 56.1 Å². The van der Waals surface area contributed by atoms with Crippen molar-refractivity contribution < 1.29 is 10.2 Å². The highest BCUT2D eigenvalue weighted by Gasteiger charge is 2.51. The van der Waals surface area contributed by atoms with Crippen molar-refractivity contribution in [2.45, 2.75) is 51.4 Å². The van der Waals surface area contributed by atoms with E-state index in [1.165, 1.54) is 48.8 Å². The molecule has 0 saturated heterocycles. The summed E-state index contributed by atoms with van der Waals surface area (Å²) in [5.41, 5.74) is 4.34. The summed E-state index contributed by atoms with van der Waals surface area (Å²) < 4.78 is 0. The molecule has 1 aromatic carbocycles. The number of aryl methyl sites for hydroxylation is 1. The number of phenolic OH excluding ortho intramolecular Hbond substituents is 2. The molecular weight excluding hydrogens is 260 g/mol. The van der Waals surface area contributed by atoms with Gasteiger partial charge in [0.25, 0.3) is 0 Å². The van der Waals surface area contributed by atoms with Crippen molar-refractivity contribution in [1.29, 1.82) is 0 Å². The maximum absolute atomic E-state index is 9.88. The standard InChI is InChI=1S/C19H24O2/c1-11-3-6-16-14-5-4-12-9-17(20)18(21)10-15(12)13(14)7-8-19(11,16)2/h9-10,13-14,16,20-21H,1,3-8H2,2H3/t13-,14+,16-,19+/m0/s1. The summed E-state index contributed by atoms with van der Waals surface area (Å²) in [6.07, 6.45) is 7.14. The summed E-state index contributed by atoms with van der Waals surface area (Å²) in [7, 11) is 0. The van der Waals surface area contributed by atoms with E-state index < -0.39 is 0 Å². The number of rotatable bonds is 0. The second-order valence-corrected chi connectivity index (χ2v) is 7.55. The zero-order valence-electron chi connectivity index (χ0n) is 12.7. The molecule has 0 unspecified atom stereocenters. The van der Waals surface area contributed by atoms with Gasteiger partial charge in [0, 0.05) is 0 Å². The van der Waals surface area contributed by atoms with E-state index in [1.54, 1.807) is 6.07 Å². The SMILES string of the molecule is C=C1CC[C@H]2[C@@H]3CCc4cc(O)c(O)cc4[C@H]3CC[C@]12C. The third-order valence-electron chi connectivity index (χ3n) is 6.77. The van der Waals surface area contributed by atoms with Gasteiger partial charge in [0.15, 0.2) is 11.5 Å². The first-order chi connectivity index (χ1) is 10.0. The maximum atomic E-state index is 9.88. The topological polar surface area (TPSA) is 40.5 Å². The van der Waals surface area contributed by atoms with Gasteiger partial charge in [-0.3, -0.25) is 0 Å². The van der Waals surface area contributed by atoms with E-state index >= 15 is 0 Å². The van der Waals surface area contributed by atoms with E-state index in [2.05, 4.69) is 13.5 Å². The minimum absolute atomic E-state index is 0.0297. The molecule has 21 heavy (non-hydrogen) atoms. The summed E-state index contributed by atoms with van der Waals surface area (Å²) >= 11 is 0. The smallest absolute Gasteiger partial charge is 0.157 e. The van der Waals surface area contributed by atoms with Gasteiger partial charge in [0.05, 0.1) is 0 Å². The molecule has 0 aromatic heterocycles. The number of fused-ring (bicyclic) bond motifs is 5. The molecule has 0 heterocycles. The molecule has 0 spiro atoms. The summed E-state index contributed by atoms with van der Waals surface area (Å²) in [5.74, 6) is 2.11. The first-order valence-corrected chi connectivity index (χ1v) is 8.23. The Kier molecular flexibility index (Phi) is 2.70. The predicted octanol–water partition coefficient (Wildman–Crippen LogP) is 4.51. The average Bonchev–Trinajstić information content (AvgIpc) is 2.76. The molecule has 4 rings (SSSR count). The van der Waals surface area contributed by atoms with E-state index in [-0.39, 0.29) is 11.5 Å². The Labute approximate surface area is 126 Å². The predicted molar refractivity (Wildman–Crippen MR) is 83.5 cm³/mol. The van der Waals surface area contributed by atoms with Crippen LogP contribution in [0, 0.1) is 17.3 Å². The molecule has 0 amide bonds. The van der Waals surface area contributed by atoms with Crippen LogP contribution in [0.2, 0.25) is 0 Å². The van der Waals surface area contributed by atoms with Crippen molar-refractivity contribution in [3.8, 4) is 11.5 Å². The Balaban J connectivity index is 1.75. The number of benzene rings is 1. The number of phenols is 2. The first kappa shape index (κ1) is 13.2. The molecule has 112 valence electrons. The molecular formula is C19H24O2. The van der Waals surface area contributed by atoms with Crippen LogP contribution < -0.4 is 0 Å². The van der Waals surface area contributed by atoms with Crippen molar-refractivity contribution >= 4 is 0 Å². The van der Waals surface area contributed by atoms with Crippen LogP contribution in [-0.4, -0.2) is 10.2 Å². The van der Waals surface area contributed by atoms with Gasteiger partial charge in [-0.05, 0) is 85.0 Å². The molecule has 0 bridgehead atoms. The first-order valence-electron chi connectivity index (χ1n) is 8.23. The summed E-state index contributed by atoms with van der Waals surface area (Å²) in [6, 6.07) is 3.61. The molecule has 2 nitrogen and oxygen atoms in total. The summed E-state index contributed by atoms with van der Waals surface area (Å²) in [5, 5.41) is 19.6. The fourth-order valence-corrected chi connectivity index (χ4v) is 5.50. The highest BCUT2D eigenvalue weighted by Crippen LogP contribution is 2.62. The van der Waals surface area contributed by atoms with Gasteiger partial charge >= 0.3 is 0 Å². The van der Waals surface area contributed by atoms with E-state index in [4.69, 9.17) is 0 Å². The Hall–Kier alpha value is -1.44. The fraction of sp³-hybridized carbons (Fsp3) is 0.579. The van der Waals surface area contributed by atoms with Crippen molar-refractivity contribution in [2.24, 2.45) is 17.3 Å². The van der Waals surface area contributed by atoms with Crippen molar-refractivity contribution in [3.63, 3.8) is 0 Å². The Bertz CT molecular complexity index is 618. The molecule has 3 aliphatic carbocycles. The van der Waals surface area contributed by atoms with Crippen LogP contribution in [0.15, 0.2) is 24.3 Å². The average molecular weight is 284 g/mol. The largest absolute Gasteiger partial charge is 0.504 e. The third-order valence-corrected chi connectivity index (χ3v) is 6.77. The number of allylic oxidation sites excluding steroid dienone is 1. The normalized spacial score (nSPS) is 37.8. The lowest BCUT2D eigenvalue weighted by atomic mass is 9.55. The number of hydrogen-bond donors (Lipinski definition) is 2. The van der Waals surface area contributed by atoms with Gasteiger partial charge in [0.2, 0.25) is 0 Å². The summed E-state index contributed by atoms with van der Waals surface area (Å²) in [6.45, 7) is 6.77. The lowest BCUT2D eigenvalue weighted by molar-refractivity contribution is 0.0815. The Morgan fingerprint density at radius 2 is 1.86 bits per heavy atom. The zero-order valence-corrected chi connectivity index (χ0v) is 12.7. The minimum Gasteiger partial charge on any atom is -0.504 e. The van der Waals surface area contributed by atoms with Crippen LogP contribution in [0.25, 0.3) is 0 Å². The lowest BCUT2D eigenvalue weighted by Crippen LogP contribution is -2.40. The molecule has 2 fully saturated rings. The summed E-state index contributed by atoms with van der Waals surface area (Å²) in [4.78, 5) is 0. The Morgan fingerprint density at radius 1 is 1.10 bits per heavy atom. The van der Waals surface area contributed by atoms with E-state index in [9.17, 15) is 10.2 Å². The van der Waals surface area contributed by atoms with Crippen molar-refractivity contribution in [3.05, 3.63) is 35.4 Å². The Morgan fingerprint density at radius 3 is 2.67 bits per heavy atom. The third kappa shape index (κ3) is 1.71. The van der Waals surface area contributed by atoms with E-state index in [0.717, 1.165) is 18.3 Å². The van der Waals surface area contributed by atoms with Gasteiger partial charge in [-0.25, -0.2) is 0 Å². The molecule has 4 atom stereocenters. The van der Waals surface area contributed by atoms with Gasteiger partial charge < -0.3 is 10.2 Å². The lowest BCUT2D eigenvalue weighted by Gasteiger charge is -2.49. The number of hydrogen-bond acceptors (Lipinski definition) is 2. The van der Waals surface area contributed by atoms with Crippen LogP contribution in [0.4, 0.5) is 0 Å². The van der Waals surface area contributed by atoms with Crippen LogP contribution in [0.3, 0.4) is 0 Å². The minimum atomic E-state index is 0.0297. The van der Waals surface area contributed by atoms with Crippen LogP contribution in [-0.2, 0) is 6.42 Å². The molecule has 2 saturated carbocycles. The van der Waals surface area contributed by atoms with Crippen LogP contribution in [0.5, 0.6) is 11.5 Å². The second kappa shape index (κ2) is 4.28. The van der Waals surface area contributed by atoms with E-state index in [1.807, 2.05) is 6.07 Å². The molecule has 0 aliphatic heterocycles. The highest BCUT2D eigenvalue weighted by atomic mass is 16.3. The number of aromatic hydroxyl groups is 2. The van der Waals surface area contributed by atoms with Crippen molar-refractivity contribution in [2.75, 3.05) is 0 Å². The van der Waals surface area contributed by atoms with Gasteiger partial charge in [-0.15, -0.1) is 0 Å². The highest BCUT2D eigenvalue weighted by molar-refractivity contribution is 5.48. The fourth-order valence-electron chi connectivity index (χ4n) is 5.50. The maximum Gasteiger partial charge on any atom is 0.157 e. The van der Waals surface area contributed by atoms with Gasteiger partial charge in [-0.1, -0.05) is 19.1 Å². The molecule has 2 heteroatoms. The quantitative estimate of drug-likeness (QED) is 0.543. The van der Waals surface area contributed by atoms with Gasteiger partial charge in [-0.2, -0.15) is 0 Å². The molecule has 1 aromatic rings. The van der Waals surface area contributed by atoms with Crippen molar-refractivity contribution in [1.82, 2.24) is 0 Å². The molecule has 3 aliphatic rings. The van der Waals surface area contributed by atoms with Gasteiger partial charge in [0.1, 0.15) is 0 Å². The monoisotopic (exact) mass is 284 g/mol. The zero-order chi connectivity index (χ0) is 14.8. The molecule has 2 N–H and O–H groups in total. The molecule has 0 radical (unpaired) electrons. The van der Waals surface area contributed by atoms with E-state index in [0.29, 0.717) is 11.3 Å². The second-order valence-electron chi connectivity index (χ2n) is 7.55. The van der Waals surface area contributed by atoms with Crippen LogP contribution >= 0.6 is 0 Å².